The molecule has 146 valence electrons. The lowest BCUT2D eigenvalue weighted by molar-refractivity contribution is -0.895. The first-order chi connectivity index (χ1) is 12.9. The number of rotatable bonds is 6. The molecule has 1 saturated heterocycles. The minimum atomic E-state index is -3.54. The second-order valence-electron chi connectivity index (χ2n) is 6.38. The average Bonchev–Trinajstić information content (AvgIpc) is 3.06. The molecule has 0 spiro atoms. The van der Waals surface area contributed by atoms with Crippen molar-refractivity contribution in [2.24, 2.45) is 0 Å². The fourth-order valence-corrected chi connectivity index (χ4v) is 4.40. The van der Waals surface area contributed by atoms with Gasteiger partial charge in [-0.05, 0) is 31.2 Å². The van der Waals surface area contributed by atoms with E-state index in [0.29, 0.717) is 43.5 Å². The van der Waals surface area contributed by atoms with E-state index in [1.165, 1.54) is 11.4 Å². The van der Waals surface area contributed by atoms with E-state index in [-0.39, 0.29) is 17.3 Å². The van der Waals surface area contributed by atoms with Gasteiger partial charge in [0, 0.05) is 6.07 Å². The van der Waals surface area contributed by atoms with E-state index in [0.717, 1.165) is 4.90 Å². The number of benzene rings is 1. The average molecular weight is 395 g/mol. The third kappa shape index (κ3) is 4.65. The van der Waals surface area contributed by atoms with Crippen LogP contribution in [0.15, 0.2) is 39.8 Å². The van der Waals surface area contributed by atoms with Crippen molar-refractivity contribution >= 4 is 21.7 Å². The molecular weight excluding hydrogens is 372 g/mol. The lowest BCUT2D eigenvalue weighted by atomic mass is 10.3. The highest BCUT2D eigenvalue weighted by Crippen LogP contribution is 2.19. The molecule has 1 amide bonds. The van der Waals surface area contributed by atoms with Crippen molar-refractivity contribution in [3.05, 3.63) is 36.1 Å². The summed E-state index contributed by atoms with van der Waals surface area (Å²) in [6, 6.07) is 7.99. The van der Waals surface area contributed by atoms with E-state index >= 15 is 0 Å². The molecule has 9 nitrogen and oxygen atoms in total. The molecule has 1 aliphatic heterocycles. The van der Waals surface area contributed by atoms with Crippen LogP contribution in [-0.2, 0) is 14.8 Å². The number of amides is 1. The lowest BCUT2D eigenvalue weighted by Crippen LogP contribution is -3.15. The lowest BCUT2D eigenvalue weighted by Gasteiger charge is -2.31. The summed E-state index contributed by atoms with van der Waals surface area (Å²) in [7, 11) is -2.01. The Morgan fingerprint density at radius 1 is 1.30 bits per heavy atom. The number of piperazine rings is 1. The molecular formula is C17H23N4O5S+. The Kier molecular flexibility index (Phi) is 5.78. The predicted octanol–water partition coefficient (Wildman–Crippen LogP) is -0.480. The molecule has 0 aliphatic carbocycles. The summed E-state index contributed by atoms with van der Waals surface area (Å²) < 4.78 is 36.9. The van der Waals surface area contributed by atoms with Crippen molar-refractivity contribution in [2.75, 3.05) is 45.2 Å². The number of sulfonamides is 1. The van der Waals surface area contributed by atoms with E-state index in [1.807, 2.05) is 0 Å². The van der Waals surface area contributed by atoms with Crippen LogP contribution in [0.25, 0.3) is 0 Å². The van der Waals surface area contributed by atoms with Crippen molar-refractivity contribution in [1.29, 1.82) is 0 Å². The van der Waals surface area contributed by atoms with Crippen LogP contribution in [0.4, 0.5) is 5.82 Å². The van der Waals surface area contributed by atoms with Crippen molar-refractivity contribution in [2.45, 2.75) is 11.8 Å². The van der Waals surface area contributed by atoms with E-state index in [9.17, 15) is 13.2 Å². The first kappa shape index (κ1) is 19.3. The molecule has 1 fully saturated rings. The molecule has 1 aliphatic rings. The number of hydrogen-bond acceptors (Lipinski definition) is 6. The highest BCUT2D eigenvalue weighted by Gasteiger charge is 2.31. The zero-order valence-corrected chi connectivity index (χ0v) is 16.1. The molecule has 3 rings (SSSR count). The van der Waals surface area contributed by atoms with E-state index < -0.39 is 10.0 Å². The van der Waals surface area contributed by atoms with Gasteiger partial charge in [0.1, 0.15) is 11.5 Å². The summed E-state index contributed by atoms with van der Waals surface area (Å²) in [5.41, 5.74) is 0. The Morgan fingerprint density at radius 2 is 1.96 bits per heavy atom. The summed E-state index contributed by atoms with van der Waals surface area (Å²) >= 11 is 0. The summed E-state index contributed by atoms with van der Waals surface area (Å²) in [5, 5.41) is 6.41. The second-order valence-corrected chi connectivity index (χ2v) is 8.32. The van der Waals surface area contributed by atoms with Crippen LogP contribution in [0.3, 0.4) is 0 Å². The molecule has 0 radical (unpaired) electrons. The van der Waals surface area contributed by atoms with Crippen molar-refractivity contribution in [3.8, 4) is 5.75 Å². The first-order valence-corrected chi connectivity index (χ1v) is 10.0. The van der Waals surface area contributed by atoms with Crippen LogP contribution >= 0.6 is 0 Å². The number of nitrogens with one attached hydrogen (secondary N) is 2. The summed E-state index contributed by atoms with van der Waals surface area (Å²) in [6.45, 7) is 3.83. The van der Waals surface area contributed by atoms with E-state index in [4.69, 9.17) is 9.26 Å². The van der Waals surface area contributed by atoms with Gasteiger partial charge in [-0.1, -0.05) is 5.16 Å². The van der Waals surface area contributed by atoms with Crippen LogP contribution in [0.1, 0.15) is 5.76 Å². The molecule has 2 heterocycles. The predicted molar refractivity (Wildman–Crippen MR) is 97.2 cm³/mol. The third-order valence-corrected chi connectivity index (χ3v) is 6.35. The topological polar surface area (TPSA) is 106 Å². The largest absolute Gasteiger partial charge is 0.497 e. The van der Waals surface area contributed by atoms with Crippen LogP contribution in [0.2, 0.25) is 0 Å². The van der Waals surface area contributed by atoms with Gasteiger partial charge in [0.2, 0.25) is 10.0 Å². The maximum absolute atomic E-state index is 12.7. The van der Waals surface area contributed by atoms with E-state index in [2.05, 4.69) is 10.5 Å². The normalized spacial score (nSPS) is 16.2. The number of carbonyl (C=O) groups is 1. The molecule has 0 unspecified atom stereocenters. The SMILES string of the molecule is COc1ccc(S(=O)(=O)N2CC[NH+](CC(=O)Nc3cc(C)on3)CC2)cc1. The zero-order chi connectivity index (χ0) is 19.4. The van der Waals surface area contributed by atoms with Crippen molar-refractivity contribution < 1.29 is 27.4 Å². The summed E-state index contributed by atoms with van der Waals surface area (Å²) in [5.74, 6) is 1.44. The van der Waals surface area contributed by atoms with Crippen LogP contribution in [0, 0.1) is 6.92 Å². The summed E-state index contributed by atoms with van der Waals surface area (Å²) in [4.78, 5) is 13.4. The number of methoxy groups -OCH3 is 1. The Balaban J connectivity index is 1.53. The van der Waals surface area contributed by atoms with Gasteiger partial charge in [-0.25, -0.2) is 8.42 Å². The maximum atomic E-state index is 12.7. The molecule has 1 aromatic carbocycles. The molecule has 0 saturated carbocycles. The number of carbonyl (C=O) groups excluding carboxylic acids is 1. The monoisotopic (exact) mass is 395 g/mol. The number of nitrogens with zero attached hydrogens (tertiary/aromatic N) is 2. The first-order valence-electron chi connectivity index (χ1n) is 8.59. The van der Waals surface area contributed by atoms with Gasteiger partial charge >= 0.3 is 0 Å². The number of aryl methyl sites for hydroxylation is 1. The second kappa shape index (κ2) is 8.07. The Morgan fingerprint density at radius 3 is 2.52 bits per heavy atom. The number of anilines is 1. The number of quaternary nitrogens is 1. The highest BCUT2D eigenvalue weighted by atomic mass is 32.2. The summed E-state index contributed by atoms with van der Waals surface area (Å²) in [6.07, 6.45) is 0. The Bertz CT molecular complexity index is 886. The fourth-order valence-electron chi connectivity index (χ4n) is 2.96. The van der Waals surface area contributed by atoms with Crippen LogP contribution in [0.5, 0.6) is 5.75 Å². The minimum Gasteiger partial charge on any atom is -0.497 e. The molecule has 2 N–H and O–H groups in total. The standard InChI is InChI=1S/C17H22N4O5S/c1-13-11-16(19-26-13)18-17(22)12-20-7-9-21(10-8-20)27(23,24)15-5-3-14(25-2)4-6-15/h3-6,11H,7-10,12H2,1-2H3,(H,18,19,22)/p+1. The Hall–Kier alpha value is -2.43. The van der Waals surface area contributed by atoms with Crippen molar-refractivity contribution in [1.82, 2.24) is 9.46 Å². The molecule has 2 aromatic rings. The smallest absolute Gasteiger partial charge is 0.280 e. The fraction of sp³-hybridized carbons (Fsp3) is 0.412. The minimum absolute atomic E-state index is 0.176. The maximum Gasteiger partial charge on any atom is 0.280 e. The molecule has 1 aromatic heterocycles. The number of ether oxygens (including phenoxy) is 1. The van der Waals surface area contributed by atoms with Gasteiger partial charge in [0.25, 0.3) is 5.91 Å². The highest BCUT2D eigenvalue weighted by molar-refractivity contribution is 7.89. The quantitative estimate of drug-likeness (QED) is 0.684. The third-order valence-electron chi connectivity index (χ3n) is 4.43. The van der Waals surface area contributed by atoms with Gasteiger partial charge in [0.05, 0.1) is 38.2 Å². The van der Waals surface area contributed by atoms with Crippen LogP contribution < -0.4 is 15.0 Å². The van der Waals surface area contributed by atoms with Gasteiger partial charge in [-0.15, -0.1) is 0 Å². The van der Waals surface area contributed by atoms with Crippen molar-refractivity contribution in [3.63, 3.8) is 0 Å². The number of hydrogen-bond donors (Lipinski definition) is 2. The molecule has 0 atom stereocenters. The molecule has 0 bridgehead atoms. The Labute approximate surface area is 157 Å². The van der Waals surface area contributed by atoms with E-state index in [1.54, 1.807) is 37.3 Å². The van der Waals surface area contributed by atoms with Gasteiger partial charge in [-0.2, -0.15) is 4.31 Å². The van der Waals surface area contributed by atoms with Crippen LogP contribution in [-0.4, -0.2) is 63.6 Å². The zero-order valence-electron chi connectivity index (χ0n) is 15.3. The van der Waals surface area contributed by atoms with Gasteiger partial charge in [0.15, 0.2) is 12.4 Å². The number of aromatic nitrogens is 1. The van der Waals surface area contributed by atoms with Gasteiger partial charge in [-0.3, -0.25) is 4.79 Å². The molecule has 10 heteroatoms. The van der Waals surface area contributed by atoms with Gasteiger partial charge < -0.3 is 19.5 Å². The molecule has 27 heavy (non-hydrogen) atoms.